The molecule has 0 spiro atoms. The SMILES string of the molecule is CC[C@H]1OC(=O)[C@H](C)C[C@H](C)[C@@H](O[C@@H]2O[C@H](C)C[C@H](N(C)C)[C@H]2OC(C)=O)[C@](C)(O)C[C@@H](C)CN(C)[C@H](C)[C@@H](OC(=O)NCCCCCCCCCC[P+](C)(C)c2ccccc2)[C@]1(C)O. The van der Waals surface area contributed by atoms with E-state index in [0.717, 1.165) is 19.3 Å². The summed E-state index contributed by atoms with van der Waals surface area (Å²) in [7, 11) is 4.69. The number of carbonyl (C=O) groups is 3. The summed E-state index contributed by atoms with van der Waals surface area (Å²) in [5, 5.41) is 29.2. The van der Waals surface area contributed by atoms with Crippen LogP contribution < -0.4 is 10.6 Å². The van der Waals surface area contributed by atoms with E-state index in [-0.39, 0.29) is 36.8 Å². The zero-order valence-corrected chi connectivity index (χ0v) is 43.7. The summed E-state index contributed by atoms with van der Waals surface area (Å²) >= 11 is 0. The highest BCUT2D eigenvalue weighted by Gasteiger charge is 2.50. The monoisotopic (exact) mass is 937 g/mol. The molecule has 1 aromatic rings. The van der Waals surface area contributed by atoms with Gasteiger partial charge in [-0.05, 0) is 118 Å². The highest BCUT2D eigenvalue weighted by atomic mass is 31.2. The normalized spacial score (nSPS) is 33.7. The number of likely N-dealkylation sites (N-methyl/N-ethyl adjacent to an activating group) is 2. The Morgan fingerprint density at radius 1 is 0.908 bits per heavy atom. The quantitative estimate of drug-likeness (QED) is 0.0565. The van der Waals surface area contributed by atoms with Gasteiger partial charge in [0.25, 0.3) is 0 Å². The fraction of sp³-hybridized carbons (Fsp3) is 0.824. The first-order valence-electron chi connectivity index (χ1n) is 24.7. The van der Waals surface area contributed by atoms with E-state index >= 15 is 0 Å². The molecule has 0 bridgehead atoms. The number of amides is 1. The number of benzene rings is 1. The van der Waals surface area contributed by atoms with E-state index in [1.54, 1.807) is 20.8 Å². The van der Waals surface area contributed by atoms with Crippen LogP contribution in [0, 0.1) is 17.8 Å². The first kappa shape index (κ1) is 56.9. The van der Waals surface area contributed by atoms with Gasteiger partial charge in [-0.3, -0.25) is 14.5 Å². The molecule has 3 N–H and O–H groups in total. The largest absolute Gasteiger partial charge is 0.459 e. The molecule has 2 aliphatic rings. The lowest BCUT2D eigenvalue weighted by Gasteiger charge is -2.47. The van der Waals surface area contributed by atoms with Crippen molar-refractivity contribution in [1.82, 2.24) is 15.1 Å². The lowest BCUT2D eigenvalue weighted by molar-refractivity contribution is -0.297. The third-order valence-electron chi connectivity index (χ3n) is 14.0. The van der Waals surface area contributed by atoms with Crippen molar-refractivity contribution in [3.05, 3.63) is 30.3 Å². The van der Waals surface area contributed by atoms with E-state index in [4.69, 9.17) is 23.7 Å². The molecule has 374 valence electrons. The van der Waals surface area contributed by atoms with Gasteiger partial charge in [0.2, 0.25) is 0 Å². The highest BCUT2D eigenvalue weighted by Crippen LogP contribution is 2.50. The molecule has 13 atom stereocenters. The number of nitrogens with one attached hydrogen (secondary N) is 1. The molecule has 2 saturated heterocycles. The van der Waals surface area contributed by atoms with Crippen LogP contribution in [-0.2, 0) is 33.3 Å². The van der Waals surface area contributed by atoms with Gasteiger partial charge in [-0.1, -0.05) is 78.0 Å². The number of hydrogen-bond donors (Lipinski definition) is 3. The Labute approximate surface area is 394 Å². The number of unbranched alkanes of at least 4 members (excludes halogenated alkanes) is 7. The van der Waals surface area contributed by atoms with Crippen LogP contribution in [0.1, 0.15) is 139 Å². The molecule has 0 aliphatic carbocycles. The smallest absolute Gasteiger partial charge is 0.407 e. The Kier molecular flexibility index (Phi) is 23.1. The number of esters is 2. The summed E-state index contributed by atoms with van der Waals surface area (Å²) < 4.78 is 31.2. The summed E-state index contributed by atoms with van der Waals surface area (Å²) in [4.78, 5) is 43.8. The molecule has 0 unspecified atom stereocenters. The topological polar surface area (TPSA) is 156 Å². The fourth-order valence-electron chi connectivity index (χ4n) is 10.3. The second kappa shape index (κ2) is 26.4. The number of ether oxygens (including phenoxy) is 5. The molecular formula is C51H91N3O10P+. The van der Waals surface area contributed by atoms with Gasteiger partial charge >= 0.3 is 18.0 Å². The molecular weight excluding hydrogens is 846 g/mol. The second-order valence-electron chi connectivity index (χ2n) is 21.1. The van der Waals surface area contributed by atoms with Gasteiger partial charge in [0.15, 0.2) is 18.5 Å². The van der Waals surface area contributed by atoms with Crippen LogP contribution in [0.25, 0.3) is 0 Å². The lowest BCUT2D eigenvalue weighted by atomic mass is 9.79. The van der Waals surface area contributed by atoms with Crippen molar-refractivity contribution >= 4 is 30.6 Å². The highest BCUT2D eigenvalue weighted by molar-refractivity contribution is 7.81. The van der Waals surface area contributed by atoms with Crippen molar-refractivity contribution in [3.63, 3.8) is 0 Å². The molecule has 14 heteroatoms. The Morgan fingerprint density at radius 2 is 1.51 bits per heavy atom. The van der Waals surface area contributed by atoms with Gasteiger partial charge in [-0.15, -0.1) is 0 Å². The molecule has 13 nitrogen and oxygen atoms in total. The summed E-state index contributed by atoms with van der Waals surface area (Å²) in [6.07, 6.45) is 6.48. The van der Waals surface area contributed by atoms with Crippen molar-refractivity contribution in [2.75, 3.05) is 53.7 Å². The van der Waals surface area contributed by atoms with Crippen molar-refractivity contribution < 1.29 is 48.3 Å². The average molecular weight is 937 g/mol. The number of alkyl carbamates (subject to hydrolysis) is 1. The number of rotatable bonds is 18. The van der Waals surface area contributed by atoms with Crippen LogP contribution >= 0.6 is 7.26 Å². The van der Waals surface area contributed by atoms with Gasteiger partial charge in [-0.25, -0.2) is 4.79 Å². The number of hydrogen-bond acceptors (Lipinski definition) is 12. The minimum atomic E-state index is -1.75. The van der Waals surface area contributed by atoms with Crippen LogP contribution in [0.5, 0.6) is 0 Å². The van der Waals surface area contributed by atoms with Crippen LogP contribution in [0.3, 0.4) is 0 Å². The molecule has 0 aromatic heterocycles. The number of nitrogens with zero attached hydrogens (tertiary/aromatic N) is 2. The Bertz CT molecular complexity index is 1580. The second-order valence-corrected chi connectivity index (χ2v) is 25.4. The minimum Gasteiger partial charge on any atom is -0.459 e. The van der Waals surface area contributed by atoms with Crippen molar-refractivity contribution in [2.24, 2.45) is 17.8 Å². The average Bonchev–Trinajstić information content (AvgIpc) is 3.22. The Morgan fingerprint density at radius 3 is 2.09 bits per heavy atom. The number of aliphatic hydroxyl groups is 2. The minimum absolute atomic E-state index is 0.101. The molecule has 0 radical (unpaired) electrons. The number of carbonyl (C=O) groups excluding carboxylic acids is 3. The van der Waals surface area contributed by atoms with Crippen LogP contribution in [0.2, 0.25) is 0 Å². The van der Waals surface area contributed by atoms with Gasteiger partial charge in [0.05, 0.1) is 54.6 Å². The molecule has 0 saturated carbocycles. The zero-order chi connectivity index (χ0) is 48.7. The number of cyclic esters (lactones) is 1. The molecule has 2 heterocycles. The lowest BCUT2D eigenvalue weighted by Crippen LogP contribution is -2.61. The van der Waals surface area contributed by atoms with E-state index < -0.39 is 79.2 Å². The molecule has 2 fully saturated rings. The predicted molar refractivity (Wildman–Crippen MR) is 262 cm³/mol. The summed E-state index contributed by atoms with van der Waals surface area (Å²) in [5.74, 6) is -2.11. The maximum atomic E-state index is 13.9. The summed E-state index contributed by atoms with van der Waals surface area (Å²) in [6.45, 7) is 21.9. The first-order valence-corrected chi connectivity index (χ1v) is 27.6. The predicted octanol–water partition coefficient (Wildman–Crippen LogP) is 8.03. The van der Waals surface area contributed by atoms with Crippen molar-refractivity contribution in [2.45, 2.75) is 199 Å². The van der Waals surface area contributed by atoms with Gasteiger partial charge in [0.1, 0.15) is 11.7 Å². The van der Waals surface area contributed by atoms with E-state index in [1.165, 1.54) is 50.5 Å². The molecule has 1 amide bonds. The maximum absolute atomic E-state index is 13.9. The van der Waals surface area contributed by atoms with E-state index in [1.807, 2.05) is 65.6 Å². The standard InChI is InChI=1S/C51H90N3O10P/c1-15-43-51(9,59)46(64-49(57)52-29-25-20-18-16-17-19-21-26-30-65(13,14)41-27-23-22-24-28-41)39(6)54(12)34-35(2)33-50(8,58)45(36(3)31-37(4)47(56)62-43)63-48-44(61-40(7)55)42(53(10)11)32-38(5)60-48/h22-24,27-28,35-39,42-46,48,58-59H,15-21,25-26,29-34H2,1-14H3/p+1/t35-,36+,37-,38-,39-,42+,43-,44-,45-,46-,48+,50-,51-/m1/s1. The summed E-state index contributed by atoms with van der Waals surface area (Å²) in [5.41, 5.74) is -3.16. The Balaban J connectivity index is 1.67. The van der Waals surface area contributed by atoms with Crippen molar-refractivity contribution in [1.29, 1.82) is 0 Å². The van der Waals surface area contributed by atoms with E-state index in [2.05, 4.69) is 49.0 Å². The zero-order valence-electron chi connectivity index (χ0n) is 42.8. The first-order chi connectivity index (χ1) is 30.4. The third-order valence-corrected chi connectivity index (χ3v) is 17.2. The Hall–Kier alpha value is -2.38. The maximum Gasteiger partial charge on any atom is 0.407 e. The van der Waals surface area contributed by atoms with Crippen LogP contribution in [0.4, 0.5) is 4.79 Å². The third kappa shape index (κ3) is 17.6. The molecule has 65 heavy (non-hydrogen) atoms. The van der Waals surface area contributed by atoms with Crippen LogP contribution in [0.15, 0.2) is 30.3 Å². The van der Waals surface area contributed by atoms with Crippen molar-refractivity contribution in [3.8, 4) is 0 Å². The van der Waals surface area contributed by atoms with E-state index in [9.17, 15) is 24.6 Å². The molecule has 3 rings (SSSR count). The van der Waals surface area contributed by atoms with Gasteiger partial charge < -0.3 is 44.1 Å². The van der Waals surface area contributed by atoms with E-state index in [0.29, 0.717) is 25.9 Å². The fourth-order valence-corrected chi connectivity index (χ4v) is 12.6. The summed E-state index contributed by atoms with van der Waals surface area (Å²) in [6, 6.07) is 10.2. The van der Waals surface area contributed by atoms with Crippen LogP contribution in [-0.4, -0.2) is 152 Å². The molecule has 2 aliphatic heterocycles. The van der Waals surface area contributed by atoms with Gasteiger partial charge in [-0.2, -0.15) is 0 Å². The molecule has 1 aromatic carbocycles. The van der Waals surface area contributed by atoms with Gasteiger partial charge in [0, 0.05) is 33.3 Å².